The van der Waals surface area contributed by atoms with Crippen LogP contribution in [0.5, 0.6) is 0 Å². The molecule has 0 bridgehead atoms. The Morgan fingerprint density at radius 1 is 1.19 bits per heavy atom. The van der Waals surface area contributed by atoms with Crippen LogP contribution in [0.2, 0.25) is 10.0 Å². The van der Waals surface area contributed by atoms with Crippen molar-refractivity contribution < 1.29 is 14.3 Å². The molecule has 21 heavy (non-hydrogen) atoms. The van der Waals surface area contributed by atoms with Gasteiger partial charge in [-0.1, -0.05) is 29.3 Å². The molecule has 1 rings (SSSR count). The number of hydrogen-bond donors (Lipinski definition) is 1. The van der Waals surface area contributed by atoms with E-state index in [0.29, 0.717) is 49.3 Å². The van der Waals surface area contributed by atoms with Gasteiger partial charge in [0.2, 0.25) is 5.91 Å². The van der Waals surface area contributed by atoms with Crippen LogP contribution < -0.4 is 5.32 Å². The van der Waals surface area contributed by atoms with Crippen molar-refractivity contribution in [1.82, 2.24) is 5.32 Å². The molecule has 0 aliphatic heterocycles. The summed E-state index contributed by atoms with van der Waals surface area (Å²) in [6, 6.07) is 5.42. The summed E-state index contributed by atoms with van der Waals surface area (Å²) >= 11 is 11.8. The molecule has 0 aliphatic carbocycles. The van der Waals surface area contributed by atoms with E-state index in [1.165, 1.54) is 0 Å². The van der Waals surface area contributed by atoms with E-state index in [1.54, 1.807) is 19.2 Å². The van der Waals surface area contributed by atoms with Crippen molar-refractivity contribution in [3.05, 3.63) is 33.8 Å². The first-order valence-electron chi connectivity index (χ1n) is 6.91. The van der Waals surface area contributed by atoms with Gasteiger partial charge in [0, 0.05) is 26.7 Å². The second-order valence-electron chi connectivity index (χ2n) is 4.56. The van der Waals surface area contributed by atoms with Gasteiger partial charge in [0.25, 0.3) is 0 Å². The molecule has 6 heteroatoms. The summed E-state index contributed by atoms with van der Waals surface area (Å²) in [4.78, 5) is 11.7. The summed E-state index contributed by atoms with van der Waals surface area (Å²) in [5.74, 6) is 0.0259. The summed E-state index contributed by atoms with van der Waals surface area (Å²) in [5, 5.41) is 3.90. The molecule has 1 amide bonds. The van der Waals surface area contributed by atoms with Gasteiger partial charge in [-0.05, 0) is 30.5 Å². The van der Waals surface area contributed by atoms with Crippen LogP contribution in [-0.2, 0) is 20.7 Å². The molecule has 0 aromatic heterocycles. The monoisotopic (exact) mass is 333 g/mol. The fourth-order valence-corrected chi connectivity index (χ4v) is 2.01. The van der Waals surface area contributed by atoms with Gasteiger partial charge < -0.3 is 14.8 Å². The highest BCUT2D eigenvalue weighted by atomic mass is 35.5. The molecule has 1 N–H and O–H groups in total. The van der Waals surface area contributed by atoms with Crippen LogP contribution in [0, 0.1) is 0 Å². The molecular formula is C15H21Cl2NO3. The minimum atomic E-state index is 0.0259. The summed E-state index contributed by atoms with van der Waals surface area (Å²) in [7, 11) is 1.64. The lowest BCUT2D eigenvalue weighted by Gasteiger charge is -2.07. The molecule has 0 spiro atoms. The zero-order chi connectivity index (χ0) is 15.5. The van der Waals surface area contributed by atoms with E-state index in [-0.39, 0.29) is 5.91 Å². The molecule has 4 nitrogen and oxygen atoms in total. The van der Waals surface area contributed by atoms with E-state index < -0.39 is 0 Å². The smallest absolute Gasteiger partial charge is 0.220 e. The molecule has 0 heterocycles. The number of methoxy groups -OCH3 is 1. The lowest BCUT2D eigenvalue weighted by Crippen LogP contribution is -2.25. The van der Waals surface area contributed by atoms with Crippen LogP contribution in [0.1, 0.15) is 18.4 Å². The number of ether oxygens (including phenoxy) is 2. The summed E-state index contributed by atoms with van der Waals surface area (Å²) in [6.45, 7) is 2.42. The van der Waals surface area contributed by atoms with Crippen LogP contribution >= 0.6 is 23.2 Å². The Kier molecular flexibility index (Phi) is 9.42. The van der Waals surface area contributed by atoms with E-state index in [4.69, 9.17) is 32.7 Å². The Bertz CT molecular complexity index is 441. The molecule has 0 aliphatic rings. The maximum absolute atomic E-state index is 11.7. The number of benzene rings is 1. The maximum atomic E-state index is 11.7. The van der Waals surface area contributed by atoms with E-state index in [2.05, 4.69) is 5.32 Å². The summed E-state index contributed by atoms with van der Waals surface area (Å²) in [5.41, 5.74) is 1.00. The van der Waals surface area contributed by atoms with Gasteiger partial charge >= 0.3 is 0 Å². The van der Waals surface area contributed by atoms with Gasteiger partial charge in [0.15, 0.2) is 0 Å². The van der Waals surface area contributed by atoms with Crippen molar-refractivity contribution in [3.63, 3.8) is 0 Å². The van der Waals surface area contributed by atoms with Gasteiger partial charge in [0.05, 0.1) is 23.3 Å². The minimum Gasteiger partial charge on any atom is -0.382 e. The number of rotatable bonds is 10. The number of nitrogens with one attached hydrogen (secondary N) is 1. The molecule has 0 fully saturated rings. The second-order valence-corrected chi connectivity index (χ2v) is 5.37. The SMILES string of the molecule is COCCOCCCNC(=O)CCc1ccc(Cl)c(Cl)c1. The zero-order valence-electron chi connectivity index (χ0n) is 12.2. The van der Waals surface area contributed by atoms with E-state index in [1.807, 2.05) is 6.07 Å². The van der Waals surface area contributed by atoms with Crippen LogP contribution in [-0.4, -0.2) is 39.4 Å². The Morgan fingerprint density at radius 2 is 2.00 bits per heavy atom. The third-order valence-electron chi connectivity index (χ3n) is 2.84. The normalized spacial score (nSPS) is 10.6. The first-order valence-corrected chi connectivity index (χ1v) is 7.66. The average molecular weight is 334 g/mol. The highest BCUT2D eigenvalue weighted by molar-refractivity contribution is 6.42. The second kappa shape index (κ2) is 10.9. The van der Waals surface area contributed by atoms with Crippen LogP contribution in [0.4, 0.5) is 0 Å². The van der Waals surface area contributed by atoms with Gasteiger partial charge in [0.1, 0.15) is 0 Å². The third kappa shape index (κ3) is 8.27. The van der Waals surface area contributed by atoms with E-state index in [9.17, 15) is 4.79 Å². The van der Waals surface area contributed by atoms with Gasteiger partial charge in [-0.3, -0.25) is 4.79 Å². The number of halogens is 2. The number of aryl methyl sites for hydroxylation is 1. The first kappa shape index (κ1) is 18.2. The standard InChI is InChI=1S/C15H21Cl2NO3/c1-20-9-10-21-8-2-7-18-15(19)6-4-12-3-5-13(16)14(17)11-12/h3,5,11H,2,4,6-10H2,1H3,(H,18,19). The van der Waals surface area contributed by atoms with Crippen LogP contribution in [0.3, 0.4) is 0 Å². The van der Waals surface area contributed by atoms with Crippen molar-refractivity contribution in [1.29, 1.82) is 0 Å². The van der Waals surface area contributed by atoms with Crippen molar-refractivity contribution in [2.45, 2.75) is 19.3 Å². The minimum absolute atomic E-state index is 0.0259. The predicted octanol–water partition coefficient (Wildman–Crippen LogP) is 3.10. The number of carbonyl (C=O) groups excluding carboxylic acids is 1. The Morgan fingerprint density at radius 3 is 2.71 bits per heavy atom. The molecule has 0 saturated heterocycles. The first-order chi connectivity index (χ1) is 10.1. The van der Waals surface area contributed by atoms with Crippen molar-refractivity contribution in [3.8, 4) is 0 Å². The fourth-order valence-electron chi connectivity index (χ4n) is 1.69. The van der Waals surface area contributed by atoms with Gasteiger partial charge in [-0.2, -0.15) is 0 Å². The topological polar surface area (TPSA) is 47.6 Å². The van der Waals surface area contributed by atoms with Crippen molar-refractivity contribution >= 4 is 29.1 Å². The predicted molar refractivity (Wildman–Crippen MR) is 85.1 cm³/mol. The van der Waals surface area contributed by atoms with Crippen molar-refractivity contribution in [2.75, 3.05) is 33.5 Å². The molecule has 0 saturated carbocycles. The number of amides is 1. The molecule has 1 aromatic carbocycles. The molecule has 1 aromatic rings. The highest BCUT2D eigenvalue weighted by Crippen LogP contribution is 2.23. The molecule has 0 atom stereocenters. The van der Waals surface area contributed by atoms with E-state index >= 15 is 0 Å². The van der Waals surface area contributed by atoms with Crippen LogP contribution in [0.15, 0.2) is 18.2 Å². The molecule has 0 unspecified atom stereocenters. The zero-order valence-corrected chi connectivity index (χ0v) is 13.7. The summed E-state index contributed by atoms with van der Waals surface area (Å²) in [6.07, 6.45) is 1.87. The average Bonchev–Trinajstić information content (AvgIpc) is 2.47. The number of carbonyl (C=O) groups is 1. The molecule has 0 radical (unpaired) electrons. The Balaban J connectivity index is 2.09. The lowest BCUT2D eigenvalue weighted by molar-refractivity contribution is -0.121. The summed E-state index contributed by atoms with van der Waals surface area (Å²) < 4.78 is 10.2. The van der Waals surface area contributed by atoms with E-state index in [0.717, 1.165) is 12.0 Å². The lowest BCUT2D eigenvalue weighted by atomic mass is 10.1. The van der Waals surface area contributed by atoms with Gasteiger partial charge in [-0.15, -0.1) is 0 Å². The Labute approximate surface area is 135 Å². The molecular weight excluding hydrogens is 313 g/mol. The van der Waals surface area contributed by atoms with Gasteiger partial charge in [-0.25, -0.2) is 0 Å². The maximum Gasteiger partial charge on any atom is 0.220 e. The quantitative estimate of drug-likeness (QED) is 0.669. The van der Waals surface area contributed by atoms with Crippen molar-refractivity contribution in [2.24, 2.45) is 0 Å². The highest BCUT2D eigenvalue weighted by Gasteiger charge is 2.04. The number of hydrogen-bond acceptors (Lipinski definition) is 3. The largest absolute Gasteiger partial charge is 0.382 e. The van der Waals surface area contributed by atoms with Crippen LogP contribution in [0.25, 0.3) is 0 Å². The molecule has 118 valence electrons. The third-order valence-corrected chi connectivity index (χ3v) is 3.58. The fraction of sp³-hybridized carbons (Fsp3) is 0.533. The Hall–Kier alpha value is -0.810.